The van der Waals surface area contributed by atoms with Crippen molar-refractivity contribution in [3.8, 4) is 17.0 Å². The molecule has 0 unspecified atom stereocenters. The molecule has 0 bridgehead atoms. The number of benzene rings is 1. The quantitative estimate of drug-likeness (QED) is 0.930. The first-order valence-electron chi connectivity index (χ1n) is 4.91. The first-order chi connectivity index (χ1) is 8.85. The lowest BCUT2D eigenvalue weighted by atomic mass is 10.1. The number of aromatic carboxylic acids is 1. The van der Waals surface area contributed by atoms with E-state index in [0.717, 1.165) is 18.2 Å². The first-order valence-corrected chi connectivity index (χ1v) is 4.91. The molecule has 0 radical (unpaired) electrons. The number of carbonyl (C=O) groups is 1. The van der Waals surface area contributed by atoms with Crippen molar-refractivity contribution in [2.75, 3.05) is 0 Å². The van der Waals surface area contributed by atoms with Crippen LogP contribution in [0.2, 0.25) is 0 Å². The fourth-order valence-corrected chi connectivity index (χ4v) is 1.36. The zero-order chi connectivity index (χ0) is 14.0. The molecule has 5 nitrogen and oxygen atoms in total. The number of ether oxygens (including phenoxy) is 1. The minimum Gasteiger partial charge on any atom is -0.475 e. The van der Waals surface area contributed by atoms with Crippen molar-refractivity contribution in [1.82, 2.24) is 5.16 Å². The molecule has 0 fully saturated rings. The van der Waals surface area contributed by atoms with Gasteiger partial charge in [-0.2, -0.15) is 0 Å². The molecule has 0 atom stereocenters. The van der Waals surface area contributed by atoms with Crippen LogP contribution in [0.1, 0.15) is 10.6 Å². The van der Waals surface area contributed by atoms with Crippen molar-refractivity contribution in [2.45, 2.75) is 6.36 Å². The van der Waals surface area contributed by atoms with Gasteiger partial charge in [0.25, 0.3) is 0 Å². The molecule has 0 saturated carbocycles. The first kappa shape index (κ1) is 12.9. The number of aromatic nitrogens is 1. The average Bonchev–Trinajstić information content (AvgIpc) is 2.76. The van der Waals surface area contributed by atoms with Crippen molar-refractivity contribution < 1.29 is 32.3 Å². The number of hydrogen-bond acceptors (Lipinski definition) is 4. The fraction of sp³-hybridized carbons (Fsp3) is 0.0909. The second-order valence-corrected chi connectivity index (χ2v) is 3.46. The molecule has 1 heterocycles. The van der Waals surface area contributed by atoms with Gasteiger partial charge in [0.2, 0.25) is 5.76 Å². The van der Waals surface area contributed by atoms with Gasteiger partial charge in [0.15, 0.2) is 0 Å². The number of carboxylic acid groups (broad SMARTS) is 1. The molecule has 0 spiro atoms. The summed E-state index contributed by atoms with van der Waals surface area (Å²) in [5, 5.41) is 12.1. The van der Waals surface area contributed by atoms with E-state index in [4.69, 9.17) is 5.11 Å². The number of nitrogens with zero attached hydrogens (tertiary/aromatic N) is 1. The van der Waals surface area contributed by atoms with E-state index in [1.54, 1.807) is 0 Å². The molecule has 1 aromatic carbocycles. The van der Waals surface area contributed by atoms with Crippen LogP contribution in [-0.2, 0) is 0 Å². The summed E-state index contributed by atoms with van der Waals surface area (Å²) in [5.41, 5.74) is 0.350. The fourth-order valence-electron chi connectivity index (χ4n) is 1.36. The van der Waals surface area contributed by atoms with Gasteiger partial charge in [-0.1, -0.05) is 17.3 Å². The summed E-state index contributed by atoms with van der Waals surface area (Å²) in [6.07, 6.45) is -4.80. The monoisotopic (exact) mass is 273 g/mol. The molecule has 100 valence electrons. The highest BCUT2D eigenvalue weighted by atomic mass is 19.4. The zero-order valence-corrected chi connectivity index (χ0v) is 9.14. The van der Waals surface area contributed by atoms with Gasteiger partial charge >= 0.3 is 12.3 Å². The number of halogens is 3. The van der Waals surface area contributed by atoms with E-state index < -0.39 is 23.8 Å². The maximum absolute atomic E-state index is 12.1. The predicted molar refractivity (Wildman–Crippen MR) is 55.6 cm³/mol. The Labute approximate surface area is 104 Å². The van der Waals surface area contributed by atoms with E-state index in [-0.39, 0.29) is 11.3 Å². The molecule has 19 heavy (non-hydrogen) atoms. The maximum Gasteiger partial charge on any atom is 0.573 e. The highest BCUT2D eigenvalue weighted by Gasteiger charge is 2.31. The summed E-state index contributed by atoms with van der Waals surface area (Å²) in [4.78, 5) is 10.6. The number of hydrogen-bond donors (Lipinski definition) is 1. The van der Waals surface area contributed by atoms with E-state index in [2.05, 4.69) is 14.4 Å². The Kier molecular flexibility index (Phi) is 3.16. The molecule has 1 N–H and O–H groups in total. The van der Waals surface area contributed by atoms with Crippen LogP contribution in [0, 0.1) is 0 Å². The summed E-state index contributed by atoms with van der Waals surface area (Å²) in [7, 11) is 0. The number of alkyl halides is 3. The van der Waals surface area contributed by atoms with Gasteiger partial charge in [0.1, 0.15) is 11.4 Å². The van der Waals surface area contributed by atoms with Gasteiger partial charge in [-0.05, 0) is 12.1 Å². The molecule has 0 aliphatic heterocycles. The molecule has 2 aromatic rings. The largest absolute Gasteiger partial charge is 0.573 e. The van der Waals surface area contributed by atoms with Gasteiger partial charge in [-0.3, -0.25) is 0 Å². The highest BCUT2D eigenvalue weighted by molar-refractivity contribution is 5.85. The Morgan fingerprint density at radius 3 is 2.63 bits per heavy atom. The summed E-state index contributed by atoms with van der Waals surface area (Å²) in [5.74, 6) is -2.15. The van der Waals surface area contributed by atoms with Crippen molar-refractivity contribution in [1.29, 1.82) is 0 Å². The smallest absolute Gasteiger partial charge is 0.475 e. The average molecular weight is 273 g/mol. The third-order valence-corrected chi connectivity index (χ3v) is 2.08. The summed E-state index contributed by atoms with van der Waals surface area (Å²) in [6.45, 7) is 0. The Morgan fingerprint density at radius 1 is 1.32 bits per heavy atom. The van der Waals surface area contributed by atoms with E-state index in [1.807, 2.05) is 0 Å². The van der Waals surface area contributed by atoms with Crippen molar-refractivity contribution >= 4 is 5.97 Å². The summed E-state index contributed by atoms with van der Waals surface area (Å²) >= 11 is 0. The standard InChI is InChI=1S/C11H6F3NO4/c12-11(13,14)18-7-3-1-2-6(4-7)8-5-9(10(16)17)19-15-8/h1-5H,(H,16,17). The van der Waals surface area contributed by atoms with Crippen molar-refractivity contribution in [3.05, 3.63) is 36.1 Å². The normalized spacial score (nSPS) is 11.3. The van der Waals surface area contributed by atoms with Crippen LogP contribution >= 0.6 is 0 Å². The Bertz CT molecular complexity index is 606. The highest BCUT2D eigenvalue weighted by Crippen LogP contribution is 2.27. The van der Waals surface area contributed by atoms with Crippen LogP contribution in [0.5, 0.6) is 5.75 Å². The predicted octanol–water partition coefficient (Wildman–Crippen LogP) is 2.94. The van der Waals surface area contributed by atoms with E-state index >= 15 is 0 Å². The van der Waals surface area contributed by atoms with Gasteiger partial charge in [-0.15, -0.1) is 13.2 Å². The topological polar surface area (TPSA) is 72.6 Å². The summed E-state index contributed by atoms with van der Waals surface area (Å²) in [6, 6.07) is 6.08. The molecule has 0 saturated heterocycles. The second kappa shape index (κ2) is 4.63. The summed E-state index contributed by atoms with van der Waals surface area (Å²) < 4.78 is 44.4. The van der Waals surface area contributed by atoms with Gasteiger partial charge in [0.05, 0.1) is 0 Å². The van der Waals surface area contributed by atoms with E-state index in [1.165, 1.54) is 12.1 Å². The van der Waals surface area contributed by atoms with Crippen molar-refractivity contribution in [2.24, 2.45) is 0 Å². The second-order valence-electron chi connectivity index (χ2n) is 3.46. The Hall–Kier alpha value is -2.51. The maximum atomic E-state index is 12.1. The SMILES string of the molecule is O=C(O)c1cc(-c2cccc(OC(F)(F)F)c2)no1. The van der Waals surface area contributed by atoms with Crippen LogP contribution < -0.4 is 4.74 Å². The molecule has 8 heteroatoms. The molecule has 1 aromatic heterocycles. The Morgan fingerprint density at radius 2 is 2.05 bits per heavy atom. The lowest BCUT2D eigenvalue weighted by Gasteiger charge is -2.08. The lowest BCUT2D eigenvalue weighted by molar-refractivity contribution is -0.274. The van der Waals surface area contributed by atoms with Gasteiger partial charge in [-0.25, -0.2) is 4.79 Å². The minimum absolute atomic E-state index is 0.102. The van der Waals surface area contributed by atoms with E-state index in [0.29, 0.717) is 0 Å². The van der Waals surface area contributed by atoms with Crippen LogP contribution in [-0.4, -0.2) is 22.6 Å². The molecular formula is C11H6F3NO4. The van der Waals surface area contributed by atoms with Crippen molar-refractivity contribution in [3.63, 3.8) is 0 Å². The minimum atomic E-state index is -4.80. The molecule has 0 aliphatic rings. The molecule has 0 amide bonds. The number of rotatable bonds is 3. The van der Waals surface area contributed by atoms with Crippen LogP contribution in [0.15, 0.2) is 34.9 Å². The van der Waals surface area contributed by atoms with Crippen LogP contribution in [0.25, 0.3) is 11.3 Å². The third-order valence-electron chi connectivity index (χ3n) is 2.08. The molecular weight excluding hydrogens is 267 g/mol. The van der Waals surface area contributed by atoms with Crippen LogP contribution in [0.3, 0.4) is 0 Å². The van der Waals surface area contributed by atoms with E-state index in [9.17, 15) is 18.0 Å². The lowest BCUT2D eigenvalue weighted by Crippen LogP contribution is -2.17. The third kappa shape index (κ3) is 3.24. The Balaban J connectivity index is 2.29. The zero-order valence-electron chi connectivity index (χ0n) is 9.14. The molecule has 2 rings (SSSR count). The number of carboxylic acids is 1. The molecule has 0 aliphatic carbocycles. The van der Waals surface area contributed by atoms with Gasteiger partial charge < -0.3 is 14.4 Å². The van der Waals surface area contributed by atoms with Crippen LogP contribution in [0.4, 0.5) is 13.2 Å². The van der Waals surface area contributed by atoms with Gasteiger partial charge in [0, 0.05) is 11.6 Å².